The lowest BCUT2D eigenvalue weighted by molar-refractivity contribution is 0.214. The summed E-state index contributed by atoms with van der Waals surface area (Å²) in [6, 6.07) is 10.2. The number of aryl methyl sites for hydroxylation is 1. The monoisotopic (exact) mass is 369 g/mol. The average Bonchev–Trinajstić information content (AvgIpc) is 2.81. The molecule has 4 nitrogen and oxygen atoms in total. The molecule has 1 aromatic heterocycles. The lowest BCUT2D eigenvalue weighted by Crippen LogP contribution is -2.17. The Labute approximate surface area is 146 Å². The summed E-state index contributed by atoms with van der Waals surface area (Å²) >= 11 is 17.7. The molecule has 0 aliphatic heterocycles. The summed E-state index contributed by atoms with van der Waals surface area (Å²) < 4.78 is 10.7. The number of hydrogen-bond donors (Lipinski definition) is 1. The van der Waals surface area contributed by atoms with E-state index in [4.69, 9.17) is 44.0 Å². The number of anilines is 1. The highest BCUT2D eigenvalue weighted by atomic mass is 35.5. The largest absolute Gasteiger partial charge is 0.440 e. The quantitative estimate of drug-likeness (QED) is 0.538. The van der Waals surface area contributed by atoms with Gasteiger partial charge in [0.2, 0.25) is 5.88 Å². The second kappa shape index (κ2) is 6.32. The topological polar surface area (TPSA) is 51.5 Å². The second-order valence-electron chi connectivity index (χ2n) is 4.76. The van der Waals surface area contributed by atoms with Gasteiger partial charge in [-0.15, -0.1) is 0 Å². The van der Waals surface area contributed by atoms with Crippen LogP contribution in [0.3, 0.4) is 0 Å². The predicted octanol–water partition coefficient (Wildman–Crippen LogP) is 6.31. The van der Waals surface area contributed by atoms with Crippen molar-refractivity contribution in [3.8, 4) is 5.75 Å². The molecule has 1 N–H and O–H groups in total. The first-order valence-electron chi connectivity index (χ1n) is 6.57. The van der Waals surface area contributed by atoms with Crippen molar-refractivity contribution in [2.45, 2.75) is 6.92 Å². The maximum atomic E-state index is 12.0. The standard InChI is InChI=1S/C16H10Cl3NO3/c1-8-9-4-2-3-5-13(9)22-15(8)20-16(21)23-14-7-11(18)10(17)6-12(14)19/h2-7H,1H3,(H,20,21). The fourth-order valence-corrected chi connectivity index (χ4v) is 2.67. The van der Waals surface area contributed by atoms with E-state index < -0.39 is 6.09 Å². The van der Waals surface area contributed by atoms with Crippen LogP contribution in [0.5, 0.6) is 5.75 Å². The third-order valence-corrected chi connectivity index (χ3v) is 4.25. The number of carbonyl (C=O) groups is 1. The molecule has 0 unspecified atom stereocenters. The summed E-state index contributed by atoms with van der Waals surface area (Å²) in [7, 11) is 0. The number of benzene rings is 2. The summed E-state index contributed by atoms with van der Waals surface area (Å²) in [6.45, 7) is 1.84. The molecular formula is C16H10Cl3NO3. The number of halogens is 3. The van der Waals surface area contributed by atoms with Crippen LogP contribution in [0, 0.1) is 6.92 Å². The molecule has 118 valence electrons. The predicted molar refractivity (Wildman–Crippen MR) is 92.1 cm³/mol. The Morgan fingerprint density at radius 1 is 1.09 bits per heavy atom. The van der Waals surface area contributed by atoms with E-state index in [0.717, 1.165) is 10.9 Å². The Balaban J connectivity index is 1.81. The molecule has 0 atom stereocenters. The molecule has 2 aromatic carbocycles. The van der Waals surface area contributed by atoms with Crippen LogP contribution in [0.2, 0.25) is 15.1 Å². The van der Waals surface area contributed by atoms with Crippen LogP contribution in [0.15, 0.2) is 40.8 Å². The highest BCUT2D eigenvalue weighted by molar-refractivity contribution is 6.43. The number of para-hydroxylation sites is 1. The average molecular weight is 371 g/mol. The van der Waals surface area contributed by atoms with Gasteiger partial charge in [0.05, 0.1) is 15.1 Å². The number of rotatable bonds is 2. The van der Waals surface area contributed by atoms with Gasteiger partial charge in [-0.3, -0.25) is 5.32 Å². The molecule has 0 aliphatic carbocycles. The summed E-state index contributed by atoms with van der Waals surface area (Å²) in [5.74, 6) is 0.416. The Morgan fingerprint density at radius 2 is 1.78 bits per heavy atom. The zero-order valence-electron chi connectivity index (χ0n) is 11.8. The highest BCUT2D eigenvalue weighted by Gasteiger charge is 2.16. The Morgan fingerprint density at radius 3 is 2.52 bits per heavy atom. The lowest BCUT2D eigenvalue weighted by Gasteiger charge is -2.08. The molecule has 0 saturated heterocycles. The molecule has 7 heteroatoms. The Hall–Kier alpha value is -1.88. The molecule has 3 rings (SSSR count). The first-order valence-corrected chi connectivity index (χ1v) is 7.70. The van der Waals surface area contributed by atoms with Gasteiger partial charge in [0.1, 0.15) is 5.58 Å². The molecule has 0 fully saturated rings. The van der Waals surface area contributed by atoms with Crippen molar-refractivity contribution in [1.29, 1.82) is 0 Å². The minimum atomic E-state index is -0.743. The van der Waals surface area contributed by atoms with Gasteiger partial charge in [0.25, 0.3) is 0 Å². The van der Waals surface area contributed by atoms with E-state index in [1.807, 2.05) is 31.2 Å². The van der Waals surface area contributed by atoms with Crippen molar-refractivity contribution in [2.24, 2.45) is 0 Å². The van der Waals surface area contributed by atoms with E-state index in [-0.39, 0.29) is 20.8 Å². The first-order chi connectivity index (χ1) is 11.0. The van der Waals surface area contributed by atoms with Crippen molar-refractivity contribution in [3.63, 3.8) is 0 Å². The third-order valence-electron chi connectivity index (χ3n) is 3.24. The number of fused-ring (bicyclic) bond motifs is 1. The van der Waals surface area contributed by atoms with Crippen molar-refractivity contribution in [3.05, 3.63) is 57.0 Å². The molecular weight excluding hydrogens is 361 g/mol. The summed E-state index contributed by atoms with van der Waals surface area (Å²) in [5.41, 5.74) is 1.48. The number of nitrogens with one attached hydrogen (secondary N) is 1. The zero-order valence-corrected chi connectivity index (χ0v) is 14.1. The lowest BCUT2D eigenvalue weighted by atomic mass is 10.2. The van der Waals surface area contributed by atoms with Crippen LogP contribution in [0.1, 0.15) is 5.56 Å². The number of furan rings is 1. The van der Waals surface area contributed by atoms with Crippen LogP contribution in [0.4, 0.5) is 10.7 Å². The fourth-order valence-electron chi connectivity index (χ4n) is 2.09. The van der Waals surface area contributed by atoms with Crippen LogP contribution in [-0.2, 0) is 0 Å². The van der Waals surface area contributed by atoms with Crippen LogP contribution >= 0.6 is 34.8 Å². The smallest absolute Gasteiger partial charge is 0.419 e. The van der Waals surface area contributed by atoms with Gasteiger partial charge in [-0.25, -0.2) is 4.79 Å². The van der Waals surface area contributed by atoms with E-state index >= 15 is 0 Å². The van der Waals surface area contributed by atoms with E-state index in [1.54, 1.807) is 0 Å². The van der Waals surface area contributed by atoms with E-state index in [9.17, 15) is 4.79 Å². The summed E-state index contributed by atoms with van der Waals surface area (Å²) in [6.07, 6.45) is -0.743. The number of carbonyl (C=O) groups excluding carboxylic acids is 1. The molecule has 0 spiro atoms. The molecule has 3 aromatic rings. The summed E-state index contributed by atoms with van der Waals surface area (Å²) in [4.78, 5) is 12.0. The van der Waals surface area contributed by atoms with E-state index in [2.05, 4.69) is 5.32 Å². The summed E-state index contributed by atoms with van der Waals surface area (Å²) in [5, 5.41) is 4.15. The van der Waals surface area contributed by atoms with Gasteiger partial charge in [0, 0.05) is 17.0 Å². The van der Waals surface area contributed by atoms with Crippen LogP contribution in [0.25, 0.3) is 11.0 Å². The van der Waals surface area contributed by atoms with E-state index in [0.29, 0.717) is 11.5 Å². The van der Waals surface area contributed by atoms with E-state index in [1.165, 1.54) is 12.1 Å². The van der Waals surface area contributed by atoms with Gasteiger partial charge in [-0.05, 0) is 19.1 Å². The maximum Gasteiger partial charge on any atom is 0.419 e. The maximum absolute atomic E-state index is 12.0. The molecule has 0 saturated carbocycles. The molecule has 0 aliphatic rings. The van der Waals surface area contributed by atoms with Crippen LogP contribution in [-0.4, -0.2) is 6.09 Å². The third kappa shape index (κ3) is 3.24. The number of amides is 1. The SMILES string of the molecule is Cc1c(NC(=O)Oc2cc(Cl)c(Cl)cc2Cl)oc2ccccc12. The molecule has 0 radical (unpaired) electrons. The van der Waals surface area contributed by atoms with Gasteiger partial charge in [-0.1, -0.05) is 53.0 Å². The fraction of sp³-hybridized carbons (Fsp3) is 0.0625. The molecule has 0 bridgehead atoms. The highest BCUT2D eigenvalue weighted by Crippen LogP contribution is 2.34. The van der Waals surface area contributed by atoms with Gasteiger partial charge in [0.15, 0.2) is 5.75 Å². The van der Waals surface area contributed by atoms with Crippen molar-refractivity contribution < 1.29 is 13.9 Å². The minimum Gasteiger partial charge on any atom is -0.440 e. The van der Waals surface area contributed by atoms with Gasteiger partial charge >= 0.3 is 6.09 Å². The van der Waals surface area contributed by atoms with Crippen molar-refractivity contribution >= 4 is 57.7 Å². The van der Waals surface area contributed by atoms with Crippen LogP contribution < -0.4 is 10.1 Å². The number of ether oxygens (including phenoxy) is 1. The Bertz CT molecular complexity index is 905. The Kier molecular flexibility index (Phi) is 4.39. The zero-order chi connectivity index (χ0) is 16.6. The molecule has 1 amide bonds. The van der Waals surface area contributed by atoms with Crippen molar-refractivity contribution in [1.82, 2.24) is 0 Å². The normalized spacial score (nSPS) is 10.8. The van der Waals surface area contributed by atoms with Crippen molar-refractivity contribution in [2.75, 3.05) is 5.32 Å². The second-order valence-corrected chi connectivity index (χ2v) is 5.99. The van der Waals surface area contributed by atoms with Gasteiger partial charge < -0.3 is 9.15 Å². The molecule has 23 heavy (non-hydrogen) atoms. The first kappa shape index (κ1) is 16.0. The molecule has 1 heterocycles. The van der Waals surface area contributed by atoms with Gasteiger partial charge in [-0.2, -0.15) is 0 Å². The number of hydrogen-bond acceptors (Lipinski definition) is 3. The minimum absolute atomic E-state index is 0.104.